The second kappa shape index (κ2) is 9.81. The van der Waals surface area contributed by atoms with Gasteiger partial charge in [-0.15, -0.1) is 0 Å². The Balaban J connectivity index is 1.75. The lowest BCUT2D eigenvalue weighted by molar-refractivity contribution is -0.138. The summed E-state index contributed by atoms with van der Waals surface area (Å²) in [5.74, 6) is -0.120. The fourth-order valence-corrected chi connectivity index (χ4v) is 3.06. The standard InChI is InChI=1S/C19H27N3O3/c1-15(23)20-12-6-13-21-19(25)17-9-5-14-22(17)18(24)11-10-16-7-3-2-4-8-16/h2-4,7-8,17H,5-6,9-14H2,1H3,(H,20,23)(H,21,25)/t17-/m1/s1. The molecule has 3 amide bonds. The average Bonchev–Trinajstić information content (AvgIpc) is 3.10. The second-order valence-electron chi connectivity index (χ2n) is 6.36. The normalized spacial score (nSPS) is 16.5. The van der Waals surface area contributed by atoms with Crippen molar-refractivity contribution in [1.29, 1.82) is 0 Å². The molecule has 1 fully saturated rings. The molecule has 0 radical (unpaired) electrons. The summed E-state index contributed by atoms with van der Waals surface area (Å²) in [6.45, 7) is 3.16. The molecule has 0 bridgehead atoms. The number of likely N-dealkylation sites (tertiary alicyclic amines) is 1. The third-order valence-electron chi connectivity index (χ3n) is 4.37. The highest BCUT2D eigenvalue weighted by atomic mass is 16.2. The smallest absolute Gasteiger partial charge is 0.242 e. The summed E-state index contributed by atoms with van der Waals surface area (Å²) in [4.78, 5) is 37.3. The predicted octanol–water partition coefficient (Wildman–Crippen LogP) is 1.25. The van der Waals surface area contributed by atoms with Crippen molar-refractivity contribution in [2.75, 3.05) is 19.6 Å². The molecule has 25 heavy (non-hydrogen) atoms. The van der Waals surface area contributed by atoms with E-state index in [9.17, 15) is 14.4 Å². The summed E-state index contributed by atoms with van der Waals surface area (Å²) in [5, 5.41) is 5.57. The minimum absolute atomic E-state index is 0.0414. The van der Waals surface area contributed by atoms with Gasteiger partial charge in [-0.3, -0.25) is 14.4 Å². The highest BCUT2D eigenvalue weighted by molar-refractivity contribution is 5.88. The van der Waals surface area contributed by atoms with E-state index in [-0.39, 0.29) is 23.8 Å². The van der Waals surface area contributed by atoms with Gasteiger partial charge in [-0.05, 0) is 31.2 Å². The van der Waals surface area contributed by atoms with E-state index in [4.69, 9.17) is 0 Å². The molecule has 2 rings (SSSR count). The minimum Gasteiger partial charge on any atom is -0.356 e. The number of aryl methyl sites for hydroxylation is 1. The van der Waals surface area contributed by atoms with E-state index in [0.29, 0.717) is 45.3 Å². The van der Waals surface area contributed by atoms with Crippen LogP contribution in [0.1, 0.15) is 38.2 Å². The van der Waals surface area contributed by atoms with Gasteiger partial charge in [0.2, 0.25) is 17.7 Å². The molecular weight excluding hydrogens is 318 g/mol. The lowest BCUT2D eigenvalue weighted by Gasteiger charge is -2.24. The van der Waals surface area contributed by atoms with E-state index in [1.807, 2.05) is 30.3 Å². The molecule has 0 saturated carbocycles. The van der Waals surface area contributed by atoms with E-state index in [2.05, 4.69) is 10.6 Å². The van der Waals surface area contributed by atoms with Crippen molar-refractivity contribution in [2.24, 2.45) is 0 Å². The Morgan fingerprint density at radius 3 is 2.56 bits per heavy atom. The van der Waals surface area contributed by atoms with Gasteiger partial charge in [0, 0.05) is 33.0 Å². The van der Waals surface area contributed by atoms with Gasteiger partial charge in [0.1, 0.15) is 6.04 Å². The van der Waals surface area contributed by atoms with Crippen LogP contribution in [0.5, 0.6) is 0 Å². The molecule has 0 spiro atoms. The van der Waals surface area contributed by atoms with Crippen molar-refractivity contribution >= 4 is 17.7 Å². The van der Waals surface area contributed by atoms with E-state index >= 15 is 0 Å². The summed E-state index contributed by atoms with van der Waals surface area (Å²) >= 11 is 0. The Kier molecular flexibility index (Phi) is 7.44. The molecule has 136 valence electrons. The number of benzene rings is 1. The molecule has 6 heteroatoms. The number of carbonyl (C=O) groups is 3. The maximum Gasteiger partial charge on any atom is 0.242 e. The highest BCUT2D eigenvalue weighted by Gasteiger charge is 2.33. The Bertz CT molecular complexity index is 589. The van der Waals surface area contributed by atoms with Crippen LogP contribution in [-0.4, -0.2) is 48.3 Å². The first-order valence-corrected chi connectivity index (χ1v) is 8.93. The van der Waals surface area contributed by atoms with Crippen molar-refractivity contribution in [3.8, 4) is 0 Å². The topological polar surface area (TPSA) is 78.5 Å². The molecular formula is C19H27N3O3. The Morgan fingerprint density at radius 2 is 1.84 bits per heavy atom. The fourth-order valence-electron chi connectivity index (χ4n) is 3.06. The van der Waals surface area contributed by atoms with Crippen LogP contribution in [0.2, 0.25) is 0 Å². The molecule has 2 N–H and O–H groups in total. The zero-order chi connectivity index (χ0) is 18.1. The lowest BCUT2D eigenvalue weighted by Crippen LogP contribution is -2.46. The monoisotopic (exact) mass is 345 g/mol. The van der Waals surface area contributed by atoms with E-state index in [0.717, 1.165) is 12.0 Å². The third-order valence-corrected chi connectivity index (χ3v) is 4.37. The van der Waals surface area contributed by atoms with Crippen LogP contribution in [0.4, 0.5) is 0 Å². The summed E-state index contributed by atoms with van der Waals surface area (Å²) in [6.07, 6.45) is 3.38. The molecule has 1 atom stereocenters. The van der Waals surface area contributed by atoms with Crippen LogP contribution in [0.25, 0.3) is 0 Å². The Hall–Kier alpha value is -2.37. The van der Waals surface area contributed by atoms with Crippen LogP contribution in [0.15, 0.2) is 30.3 Å². The van der Waals surface area contributed by atoms with Crippen molar-refractivity contribution in [1.82, 2.24) is 15.5 Å². The summed E-state index contributed by atoms with van der Waals surface area (Å²) < 4.78 is 0. The number of amides is 3. The number of hydrogen-bond acceptors (Lipinski definition) is 3. The number of nitrogens with one attached hydrogen (secondary N) is 2. The fraction of sp³-hybridized carbons (Fsp3) is 0.526. The van der Waals surface area contributed by atoms with Crippen LogP contribution >= 0.6 is 0 Å². The molecule has 0 unspecified atom stereocenters. The van der Waals surface area contributed by atoms with Gasteiger partial charge in [-0.1, -0.05) is 30.3 Å². The number of rotatable bonds is 8. The Morgan fingerprint density at radius 1 is 1.12 bits per heavy atom. The van der Waals surface area contributed by atoms with Crippen LogP contribution < -0.4 is 10.6 Å². The van der Waals surface area contributed by atoms with Crippen LogP contribution in [0.3, 0.4) is 0 Å². The van der Waals surface area contributed by atoms with Gasteiger partial charge in [-0.2, -0.15) is 0 Å². The van der Waals surface area contributed by atoms with Crippen molar-refractivity contribution in [3.05, 3.63) is 35.9 Å². The molecule has 0 aliphatic carbocycles. The SMILES string of the molecule is CC(=O)NCCCNC(=O)[C@H]1CCCN1C(=O)CCc1ccccc1. The zero-order valence-electron chi connectivity index (χ0n) is 14.8. The van der Waals surface area contributed by atoms with Gasteiger partial charge >= 0.3 is 0 Å². The van der Waals surface area contributed by atoms with E-state index in [1.165, 1.54) is 6.92 Å². The van der Waals surface area contributed by atoms with Gasteiger partial charge in [0.05, 0.1) is 0 Å². The van der Waals surface area contributed by atoms with Crippen LogP contribution in [0, 0.1) is 0 Å². The first-order valence-electron chi connectivity index (χ1n) is 8.93. The van der Waals surface area contributed by atoms with Crippen molar-refractivity contribution in [2.45, 2.75) is 45.1 Å². The van der Waals surface area contributed by atoms with E-state index < -0.39 is 0 Å². The first kappa shape index (κ1) is 19.0. The summed E-state index contributed by atoms with van der Waals surface area (Å²) in [6, 6.07) is 9.55. The van der Waals surface area contributed by atoms with E-state index in [1.54, 1.807) is 4.90 Å². The first-order chi connectivity index (χ1) is 12.1. The summed E-state index contributed by atoms with van der Waals surface area (Å²) in [5.41, 5.74) is 1.13. The highest BCUT2D eigenvalue weighted by Crippen LogP contribution is 2.19. The van der Waals surface area contributed by atoms with Gasteiger partial charge in [0.15, 0.2) is 0 Å². The Labute approximate surface area is 149 Å². The van der Waals surface area contributed by atoms with Crippen LogP contribution in [-0.2, 0) is 20.8 Å². The summed E-state index contributed by atoms with van der Waals surface area (Å²) in [7, 11) is 0. The maximum atomic E-state index is 12.5. The molecule has 1 aliphatic rings. The van der Waals surface area contributed by atoms with Gasteiger partial charge in [0.25, 0.3) is 0 Å². The molecule has 1 aromatic rings. The molecule has 1 saturated heterocycles. The zero-order valence-corrected chi connectivity index (χ0v) is 14.8. The average molecular weight is 345 g/mol. The third kappa shape index (κ3) is 6.21. The van der Waals surface area contributed by atoms with Crippen molar-refractivity contribution < 1.29 is 14.4 Å². The number of hydrogen-bond donors (Lipinski definition) is 2. The van der Waals surface area contributed by atoms with Gasteiger partial charge < -0.3 is 15.5 Å². The number of carbonyl (C=O) groups excluding carboxylic acids is 3. The molecule has 1 heterocycles. The predicted molar refractivity (Wildman–Crippen MR) is 95.8 cm³/mol. The minimum atomic E-state index is -0.357. The second-order valence-corrected chi connectivity index (χ2v) is 6.36. The molecule has 0 aromatic heterocycles. The number of nitrogens with zero attached hydrogens (tertiary/aromatic N) is 1. The lowest BCUT2D eigenvalue weighted by atomic mass is 10.1. The van der Waals surface area contributed by atoms with Crippen molar-refractivity contribution in [3.63, 3.8) is 0 Å². The van der Waals surface area contributed by atoms with Gasteiger partial charge in [-0.25, -0.2) is 0 Å². The quantitative estimate of drug-likeness (QED) is 0.696. The molecule has 1 aliphatic heterocycles. The molecule has 6 nitrogen and oxygen atoms in total. The molecule has 1 aromatic carbocycles. The largest absolute Gasteiger partial charge is 0.356 e. The maximum absolute atomic E-state index is 12.5.